The molecule has 9 rings (SSSR count). The van der Waals surface area contributed by atoms with Crippen LogP contribution in [-0.4, -0.2) is 0 Å². The zero-order valence-electron chi connectivity index (χ0n) is 31.3. The molecule has 6 aromatic carbocycles. The maximum Gasteiger partial charge on any atom is -0.147 e. The van der Waals surface area contributed by atoms with Gasteiger partial charge < -0.3 is 0 Å². The summed E-state index contributed by atoms with van der Waals surface area (Å²) in [6, 6.07) is 46.2. The summed E-state index contributed by atoms with van der Waals surface area (Å²) in [6.07, 6.45) is 6.75. The van der Waals surface area contributed by atoms with Gasteiger partial charge in [-0.3, -0.25) is 0 Å². The first kappa shape index (κ1) is 37.1. The van der Waals surface area contributed by atoms with Gasteiger partial charge in [-0.05, 0) is 0 Å². The molecule has 264 valence electrons. The number of benzene rings is 6. The third kappa shape index (κ3) is 5.73. The van der Waals surface area contributed by atoms with Crippen molar-refractivity contribution < 1.29 is 20.0 Å². The van der Waals surface area contributed by atoms with Gasteiger partial charge in [0, 0.05) is 0 Å². The van der Waals surface area contributed by atoms with Crippen molar-refractivity contribution in [3.63, 3.8) is 0 Å². The molecule has 1 heterocycles. The molecule has 1 fully saturated rings. The Balaban J connectivity index is 0.00000210. The normalized spacial score (nSPS) is 18.8. The molecule has 6 aromatic rings. The van der Waals surface area contributed by atoms with Crippen LogP contribution in [-0.2, 0) is 20.0 Å². The van der Waals surface area contributed by atoms with Crippen LogP contribution in [0.2, 0.25) is 8.35 Å². The summed E-state index contributed by atoms with van der Waals surface area (Å²) in [5.41, 5.74) is 15.4. The first-order valence-corrected chi connectivity index (χ1v) is 28.0. The second-order valence-electron chi connectivity index (χ2n) is 17.3. The molecular formula is C49H50Cl2Hf. The quantitative estimate of drug-likeness (QED) is 0.155. The Morgan fingerprint density at radius 2 is 0.808 bits per heavy atom. The molecule has 2 atom stereocenters. The van der Waals surface area contributed by atoms with Crippen LogP contribution in [0.3, 0.4) is 0 Å². The molecule has 1 saturated heterocycles. The monoisotopic (exact) mass is 888 g/mol. The Labute approximate surface area is 327 Å². The van der Waals surface area contributed by atoms with Gasteiger partial charge in [-0.25, -0.2) is 0 Å². The molecule has 3 aliphatic rings. The SMILES string of the molecule is CC(C)(C)C1=Cc2c(-c3cccc4ccccc34)cccc2[CH]1[Hf]1([CH]2C(C(C)(C)C)=Cc3c(-c4cccc5ccccc45)cccc32)[CH2]C[CH2]1.Cl.Cl. The predicted molar refractivity (Wildman–Crippen MR) is 228 cm³/mol. The van der Waals surface area contributed by atoms with E-state index in [0.29, 0.717) is 7.35 Å². The molecule has 2 unspecified atom stereocenters. The predicted octanol–water partition coefficient (Wildman–Crippen LogP) is 15.2. The summed E-state index contributed by atoms with van der Waals surface area (Å²) >= 11 is -3.30. The van der Waals surface area contributed by atoms with Gasteiger partial charge in [0.2, 0.25) is 0 Å². The molecule has 0 saturated carbocycles. The molecule has 0 radical (unpaired) electrons. The largest absolute Gasteiger partial charge is 0.147 e. The fourth-order valence-electron chi connectivity index (χ4n) is 10.1. The van der Waals surface area contributed by atoms with Crippen LogP contribution in [0.25, 0.3) is 56.0 Å². The van der Waals surface area contributed by atoms with Gasteiger partial charge in [-0.15, -0.1) is 24.8 Å². The van der Waals surface area contributed by atoms with E-state index in [-0.39, 0.29) is 35.6 Å². The Morgan fingerprint density at radius 1 is 0.442 bits per heavy atom. The molecule has 52 heavy (non-hydrogen) atoms. The second kappa shape index (κ2) is 13.6. The van der Waals surface area contributed by atoms with Crippen molar-refractivity contribution in [3.05, 3.63) is 155 Å². The van der Waals surface area contributed by atoms with Gasteiger partial charge >= 0.3 is 305 Å². The van der Waals surface area contributed by atoms with Crippen molar-refractivity contribution in [3.8, 4) is 22.3 Å². The van der Waals surface area contributed by atoms with Gasteiger partial charge in [0.25, 0.3) is 0 Å². The minimum atomic E-state index is -3.30. The summed E-state index contributed by atoms with van der Waals surface area (Å²) in [5, 5.41) is 5.34. The van der Waals surface area contributed by atoms with Crippen molar-refractivity contribution in [2.75, 3.05) is 0 Å². The van der Waals surface area contributed by atoms with E-state index in [9.17, 15) is 0 Å². The van der Waals surface area contributed by atoms with Crippen LogP contribution >= 0.6 is 24.8 Å². The van der Waals surface area contributed by atoms with E-state index in [2.05, 4.69) is 175 Å². The topological polar surface area (TPSA) is 0 Å². The minimum absolute atomic E-state index is 0. The Kier molecular flexibility index (Phi) is 9.68. The van der Waals surface area contributed by atoms with E-state index in [1.807, 2.05) is 0 Å². The molecule has 0 bridgehead atoms. The number of allylic oxidation sites excluding steroid dienone is 2. The van der Waals surface area contributed by atoms with Crippen LogP contribution < -0.4 is 0 Å². The van der Waals surface area contributed by atoms with E-state index in [1.54, 1.807) is 22.3 Å². The van der Waals surface area contributed by atoms with Gasteiger partial charge in [-0.2, -0.15) is 0 Å². The van der Waals surface area contributed by atoms with Crippen LogP contribution in [0.15, 0.2) is 132 Å². The zero-order chi connectivity index (χ0) is 34.4. The van der Waals surface area contributed by atoms with Gasteiger partial charge in [0.05, 0.1) is 0 Å². The Hall–Kier alpha value is -3.23. The summed E-state index contributed by atoms with van der Waals surface area (Å²) in [4.78, 5) is 0. The summed E-state index contributed by atoms with van der Waals surface area (Å²) in [5.74, 6) is 0. The Bertz CT molecular complexity index is 2220. The molecule has 3 heteroatoms. The fourth-order valence-corrected chi connectivity index (χ4v) is 34.0. The van der Waals surface area contributed by atoms with Crippen molar-refractivity contribution >= 4 is 58.5 Å². The van der Waals surface area contributed by atoms with E-state index < -0.39 is 20.0 Å². The second-order valence-corrected chi connectivity index (χ2v) is 33.9. The van der Waals surface area contributed by atoms with E-state index in [1.165, 1.54) is 69.7 Å². The molecule has 0 amide bonds. The Morgan fingerprint density at radius 3 is 1.19 bits per heavy atom. The van der Waals surface area contributed by atoms with E-state index in [0.717, 1.165) is 0 Å². The van der Waals surface area contributed by atoms with E-state index >= 15 is 0 Å². The third-order valence-corrected chi connectivity index (χ3v) is 34.4. The first-order chi connectivity index (χ1) is 24.1. The molecule has 0 aromatic heterocycles. The van der Waals surface area contributed by atoms with Gasteiger partial charge in [-0.1, -0.05) is 0 Å². The number of hydrogen-bond donors (Lipinski definition) is 0. The maximum atomic E-state index is 2.68. The summed E-state index contributed by atoms with van der Waals surface area (Å²) in [6.45, 7) is 14.9. The summed E-state index contributed by atoms with van der Waals surface area (Å²) in [7, 11) is 0. The van der Waals surface area contributed by atoms with Crippen molar-refractivity contribution in [1.29, 1.82) is 0 Å². The molecule has 0 N–H and O–H groups in total. The van der Waals surface area contributed by atoms with Crippen LogP contribution in [0.5, 0.6) is 0 Å². The molecule has 0 nitrogen and oxygen atoms in total. The number of rotatable bonds is 4. The van der Waals surface area contributed by atoms with Gasteiger partial charge in [0.15, 0.2) is 0 Å². The number of fused-ring (bicyclic) bond motifs is 4. The van der Waals surface area contributed by atoms with Crippen LogP contribution in [0.1, 0.15) is 77.6 Å². The summed E-state index contributed by atoms with van der Waals surface area (Å²) < 4.78 is 4.12. The van der Waals surface area contributed by atoms with E-state index in [4.69, 9.17) is 0 Å². The molecule has 0 spiro atoms. The smallest absolute Gasteiger partial charge is 0.147 e. The third-order valence-electron chi connectivity index (χ3n) is 12.4. The molecule has 2 aliphatic carbocycles. The molecule has 1 aliphatic heterocycles. The van der Waals surface area contributed by atoms with Crippen molar-refractivity contribution in [1.82, 2.24) is 0 Å². The number of hydrogen-bond acceptors (Lipinski definition) is 0. The van der Waals surface area contributed by atoms with Gasteiger partial charge in [0.1, 0.15) is 0 Å². The zero-order valence-corrected chi connectivity index (χ0v) is 36.5. The first-order valence-electron chi connectivity index (χ1n) is 18.7. The fraction of sp³-hybridized carbons (Fsp3) is 0.265. The molecular weight excluding hydrogens is 838 g/mol. The van der Waals surface area contributed by atoms with Crippen LogP contribution in [0.4, 0.5) is 0 Å². The van der Waals surface area contributed by atoms with Crippen molar-refractivity contribution in [2.45, 2.75) is 63.7 Å². The van der Waals surface area contributed by atoms with Crippen molar-refractivity contribution in [2.24, 2.45) is 10.8 Å². The maximum absolute atomic E-state index is 3.30. The number of halogens is 2. The van der Waals surface area contributed by atoms with Crippen LogP contribution in [0, 0.1) is 10.8 Å². The average molecular weight is 888 g/mol. The standard InChI is InChI=1S/2C23H21.C3H6.2ClH.Hf/c2*1-23(2,3)18-14-17-10-7-13-21(22(17)15-18)20-12-6-9-16-8-4-5-11-19(16)20;1-3-2;;;/h2*4-15H,1-3H3;1-3H2;2*1H;. The average Bonchev–Trinajstić information content (AvgIpc) is 3.69. The minimum Gasteiger partial charge on any atom is -0.147 e.